The Morgan fingerprint density at radius 2 is 1.92 bits per heavy atom. The second-order valence-corrected chi connectivity index (χ2v) is 11.6. The topological polar surface area (TPSA) is 96.7 Å². The molecule has 2 aromatic heterocycles. The van der Waals surface area contributed by atoms with E-state index in [4.69, 9.17) is 44.6 Å². The quantitative estimate of drug-likeness (QED) is 0.246. The first-order valence-corrected chi connectivity index (χ1v) is 14.4. The van der Waals surface area contributed by atoms with Gasteiger partial charge in [-0.15, -0.1) is 0 Å². The van der Waals surface area contributed by atoms with E-state index < -0.39 is 16.1 Å². The van der Waals surface area contributed by atoms with Crippen LogP contribution in [-0.2, 0) is 10.0 Å². The Labute approximate surface area is 235 Å². The molecular formula is C26H22Cl2N4O4S2. The zero-order valence-electron chi connectivity index (χ0n) is 20.2. The maximum absolute atomic E-state index is 12.0. The van der Waals surface area contributed by atoms with Crippen LogP contribution in [-0.4, -0.2) is 31.9 Å². The number of benzene rings is 2. The summed E-state index contributed by atoms with van der Waals surface area (Å²) in [6.45, 7) is 0. The summed E-state index contributed by atoms with van der Waals surface area (Å²) in [5.74, 6) is 1.53. The molecule has 0 spiro atoms. The number of furan rings is 1. The summed E-state index contributed by atoms with van der Waals surface area (Å²) in [6, 6.07) is 18.9. The van der Waals surface area contributed by atoms with Crippen LogP contribution in [0.2, 0.25) is 10.0 Å². The fourth-order valence-electron chi connectivity index (χ4n) is 4.39. The third-order valence-corrected chi connectivity index (χ3v) is 7.42. The summed E-state index contributed by atoms with van der Waals surface area (Å²) in [6.07, 6.45) is 2.79. The summed E-state index contributed by atoms with van der Waals surface area (Å²) in [4.78, 5) is 6.41. The van der Waals surface area contributed by atoms with Crippen LogP contribution >= 0.6 is 35.4 Å². The molecule has 0 saturated carbocycles. The molecule has 196 valence electrons. The molecule has 0 aliphatic carbocycles. The minimum absolute atomic E-state index is 0.281. The zero-order valence-corrected chi connectivity index (χ0v) is 23.3. The van der Waals surface area contributed by atoms with Gasteiger partial charge >= 0.3 is 0 Å². The smallest absolute Gasteiger partial charge is 0.229 e. The van der Waals surface area contributed by atoms with Gasteiger partial charge in [-0.05, 0) is 72.9 Å². The Balaban J connectivity index is 1.62. The van der Waals surface area contributed by atoms with Gasteiger partial charge in [0.1, 0.15) is 23.3 Å². The molecule has 4 aromatic rings. The van der Waals surface area contributed by atoms with Crippen molar-refractivity contribution >= 4 is 61.9 Å². The number of methoxy groups -OCH3 is 1. The van der Waals surface area contributed by atoms with Crippen molar-refractivity contribution in [1.82, 2.24) is 10.3 Å². The molecule has 0 bridgehead atoms. The molecule has 1 fully saturated rings. The van der Waals surface area contributed by atoms with Gasteiger partial charge in [0.15, 0.2) is 5.11 Å². The Bertz CT molecular complexity index is 1610. The highest BCUT2D eigenvalue weighted by atomic mass is 35.5. The van der Waals surface area contributed by atoms with Crippen molar-refractivity contribution in [2.24, 2.45) is 0 Å². The van der Waals surface area contributed by atoms with E-state index in [2.05, 4.69) is 15.0 Å². The molecule has 1 saturated heterocycles. The van der Waals surface area contributed by atoms with E-state index in [1.165, 1.54) is 7.11 Å². The monoisotopic (exact) mass is 588 g/mol. The van der Waals surface area contributed by atoms with Crippen LogP contribution in [0, 0.1) is 0 Å². The van der Waals surface area contributed by atoms with Crippen molar-refractivity contribution in [3.05, 3.63) is 94.4 Å². The Kier molecular flexibility index (Phi) is 7.23. The molecule has 0 radical (unpaired) electrons. The molecule has 5 rings (SSSR count). The molecular weight excluding hydrogens is 567 g/mol. The van der Waals surface area contributed by atoms with E-state index >= 15 is 0 Å². The SMILES string of the molecule is COc1ccc(N2C(=S)N[C@H](c3ccccn3)[C@@H]2c2ccc(-c3ccc(Cl)cc3Cl)o2)cc1NS(C)(=O)=O. The number of rotatable bonds is 7. The van der Waals surface area contributed by atoms with Crippen molar-refractivity contribution in [2.45, 2.75) is 12.1 Å². The summed E-state index contributed by atoms with van der Waals surface area (Å²) < 4.78 is 38.3. The van der Waals surface area contributed by atoms with Crippen LogP contribution < -0.4 is 19.7 Å². The highest BCUT2D eigenvalue weighted by Gasteiger charge is 2.43. The number of ether oxygens (including phenoxy) is 1. The molecule has 2 aromatic carbocycles. The van der Waals surface area contributed by atoms with Gasteiger partial charge < -0.3 is 19.4 Å². The summed E-state index contributed by atoms with van der Waals surface area (Å²) in [7, 11) is -2.10. The lowest BCUT2D eigenvalue weighted by Crippen LogP contribution is -2.29. The number of thiocarbonyl (C=S) groups is 1. The van der Waals surface area contributed by atoms with Crippen molar-refractivity contribution < 1.29 is 17.6 Å². The molecule has 2 N–H and O–H groups in total. The fraction of sp³-hybridized carbons (Fsp3) is 0.154. The highest BCUT2D eigenvalue weighted by Crippen LogP contribution is 2.45. The van der Waals surface area contributed by atoms with E-state index in [-0.39, 0.29) is 11.7 Å². The number of nitrogens with one attached hydrogen (secondary N) is 2. The number of nitrogens with zero attached hydrogens (tertiary/aromatic N) is 2. The molecule has 8 nitrogen and oxygen atoms in total. The third-order valence-electron chi connectivity index (χ3n) is 5.97. The van der Waals surface area contributed by atoms with Gasteiger partial charge in [0.2, 0.25) is 10.0 Å². The van der Waals surface area contributed by atoms with Crippen LogP contribution in [0.4, 0.5) is 11.4 Å². The van der Waals surface area contributed by atoms with Gasteiger partial charge in [-0.2, -0.15) is 0 Å². The molecule has 1 aliphatic heterocycles. The van der Waals surface area contributed by atoms with Gasteiger partial charge in [0.05, 0.1) is 35.8 Å². The lowest BCUT2D eigenvalue weighted by molar-refractivity contribution is 0.416. The number of aromatic nitrogens is 1. The maximum atomic E-state index is 12.0. The largest absolute Gasteiger partial charge is 0.495 e. The summed E-state index contributed by atoms with van der Waals surface area (Å²) >= 11 is 18.3. The predicted molar refractivity (Wildman–Crippen MR) is 154 cm³/mol. The van der Waals surface area contributed by atoms with E-state index in [1.54, 1.807) is 42.6 Å². The van der Waals surface area contributed by atoms with Crippen LogP contribution in [0.25, 0.3) is 11.3 Å². The van der Waals surface area contributed by atoms with Crippen molar-refractivity contribution in [1.29, 1.82) is 0 Å². The van der Waals surface area contributed by atoms with Crippen molar-refractivity contribution in [2.75, 3.05) is 23.0 Å². The minimum atomic E-state index is -3.56. The molecule has 2 atom stereocenters. The Morgan fingerprint density at radius 1 is 1.11 bits per heavy atom. The van der Waals surface area contributed by atoms with Gasteiger partial charge in [0.25, 0.3) is 0 Å². The third kappa shape index (κ3) is 5.30. The van der Waals surface area contributed by atoms with Crippen molar-refractivity contribution in [3.8, 4) is 17.1 Å². The number of anilines is 2. The first kappa shape index (κ1) is 26.3. The maximum Gasteiger partial charge on any atom is 0.229 e. The average Bonchev–Trinajstić information content (AvgIpc) is 3.48. The van der Waals surface area contributed by atoms with Gasteiger partial charge in [-0.1, -0.05) is 29.3 Å². The zero-order chi connectivity index (χ0) is 27.0. The predicted octanol–water partition coefficient (Wildman–Crippen LogP) is 6.21. The van der Waals surface area contributed by atoms with Crippen LogP contribution in [0.1, 0.15) is 23.5 Å². The number of halogens is 2. The summed E-state index contributed by atoms with van der Waals surface area (Å²) in [5, 5.41) is 4.76. The lowest BCUT2D eigenvalue weighted by atomic mass is 10.0. The van der Waals surface area contributed by atoms with Crippen molar-refractivity contribution in [3.63, 3.8) is 0 Å². The molecule has 38 heavy (non-hydrogen) atoms. The standard InChI is InChI=1S/C26H22Cl2N4O4S2/c1-35-22-9-7-16(14-20(22)31-38(2,33)34)32-25(24(30-26(32)37)19-5-3-4-12-29-19)23-11-10-21(36-23)17-8-6-15(27)13-18(17)28/h3-14,24-25,31H,1-2H3,(H,30,37)/t24-,25+/m1/s1. The number of sulfonamides is 1. The summed E-state index contributed by atoms with van der Waals surface area (Å²) in [5.41, 5.74) is 2.36. The van der Waals surface area contributed by atoms with Crippen LogP contribution in [0.15, 0.2) is 77.3 Å². The molecule has 0 unspecified atom stereocenters. The second-order valence-electron chi connectivity index (χ2n) is 8.58. The lowest BCUT2D eigenvalue weighted by Gasteiger charge is -2.27. The van der Waals surface area contributed by atoms with E-state index in [0.29, 0.717) is 43.7 Å². The van der Waals surface area contributed by atoms with Crippen LogP contribution in [0.3, 0.4) is 0 Å². The van der Waals surface area contributed by atoms with Gasteiger partial charge in [-0.25, -0.2) is 8.42 Å². The number of hydrogen-bond acceptors (Lipinski definition) is 6. The second kappa shape index (κ2) is 10.5. The number of hydrogen-bond donors (Lipinski definition) is 2. The Hall–Kier alpha value is -3.31. The first-order chi connectivity index (χ1) is 18.1. The van der Waals surface area contributed by atoms with Gasteiger partial charge in [0, 0.05) is 22.5 Å². The normalized spacial score (nSPS) is 17.4. The fourth-order valence-corrected chi connectivity index (χ4v) is 5.80. The average molecular weight is 590 g/mol. The number of pyridine rings is 1. The van der Waals surface area contributed by atoms with E-state index in [0.717, 1.165) is 11.9 Å². The molecule has 12 heteroatoms. The molecule has 3 heterocycles. The van der Waals surface area contributed by atoms with Crippen LogP contribution in [0.5, 0.6) is 5.75 Å². The highest BCUT2D eigenvalue weighted by molar-refractivity contribution is 7.92. The molecule has 0 amide bonds. The van der Waals surface area contributed by atoms with Gasteiger partial charge in [-0.3, -0.25) is 9.71 Å². The molecule has 1 aliphatic rings. The van der Waals surface area contributed by atoms with E-state index in [1.807, 2.05) is 35.2 Å². The van der Waals surface area contributed by atoms with E-state index in [9.17, 15) is 8.42 Å². The first-order valence-electron chi connectivity index (χ1n) is 11.4. The Morgan fingerprint density at radius 3 is 2.61 bits per heavy atom. The minimum Gasteiger partial charge on any atom is -0.495 e.